The number of nitrogens with zero attached hydrogens (tertiary/aromatic N) is 2. The van der Waals surface area contributed by atoms with E-state index in [1.165, 1.54) is 24.1 Å². The number of esters is 1. The summed E-state index contributed by atoms with van der Waals surface area (Å²) < 4.78 is 5.70. The Labute approximate surface area is 161 Å². The molecule has 1 unspecified atom stereocenters. The molecule has 1 heterocycles. The Morgan fingerprint density at radius 2 is 2.12 bits per heavy atom. The quantitative estimate of drug-likeness (QED) is 0.727. The lowest BCUT2D eigenvalue weighted by atomic mass is 9.98. The molecule has 1 atom stereocenters. The maximum Gasteiger partial charge on any atom is 0.310 e. The molecule has 1 fully saturated rings. The molecule has 2 rings (SSSR count). The van der Waals surface area contributed by atoms with Gasteiger partial charge in [-0.05, 0) is 38.0 Å². The van der Waals surface area contributed by atoms with Gasteiger partial charge in [0, 0.05) is 24.6 Å². The van der Waals surface area contributed by atoms with Crippen molar-refractivity contribution in [2.24, 2.45) is 5.92 Å². The van der Waals surface area contributed by atoms with Gasteiger partial charge in [-0.25, -0.2) is 0 Å². The first-order chi connectivity index (χ1) is 12.3. The molecule has 1 N–H and O–H groups in total. The molecule has 8 heteroatoms. The molecule has 0 aromatic heterocycles. The summed E-state index contributed by atoms with van der Waals surface area (Å²) in [5, 5.41) is 9.87. The number of carbonyl (C=O) groups is 3. The van der Waals surface area contributed by atoms with Crippen LogP contribution in [0.25, 0.3) is 0 Å². The molecular weight excluding hydrogens is 404 g/mol. The van der Waals surface area contributed by atoms with Crippen molar-refractivity contribution >= 4 is 33.7 Å². The summed E-state index contributed by atoms with van der Waals surface area (Å²) in [6, 6.07) is 4.55. The van der Waals surface area contributed by atoms with Crippen molar-refractivity contribution in [3.05, 3.63) is 28.2 Å². The standard InChI is InChI=1S/C18H23BrN2O5/c1-3-26-18(25)12-5-4-8-21(10-12)16(23)11-20(2)17(24)14-9-13(19)6-7-15(14)22/h6-7,9,12,22H,3-5,8,10-11H2,1-2H3. The third-order valence-electron chi connectivity index (χ3n) is 4.30. The SMILES string of the molecule is CCOC(=O)C1CCCN(C(=O)CN(C)C(=O)c2cc(Br)ccc2O)C1. The molecule has 1 aromatic rings. The first-order valence-corrected chi connectivity index (χ1v) is 9.31. The lowest BCUT2D eigenvalue weighted by Crippen LogP contribution is -2.47. The summed E-state index contributed by atoms with van der Waals surface area (Å²) in [6.45, 7) is 2.80. The fourth-order valence-corrected chi connectivity index (χ4v) is 3.28. The van der Waals surface area contributed by atoms with Gasteiger partial charge in [-0.3, -0.25) is 14.4 Å². The van der Waals surface area contributed by atoms with Crippen LogP contribution < -0.4 is 0 Å². The number of ether oxygens (including phenoxy) is 1. The van der Waals surface area contributed by atoms with Gasteiger partial charge in [0.2, 0.25) is 5.91 Å². The number of phenols is 1. The first-order valence-electron chi connectivity index (χ1n) is 8.51. The van der Waals surface area contributed by atoms with E-state index in [1.54, 1.807) is 17.9 Å². The number of halogens is 1. The van der Waals surface area contributed by atoms with Crippen molar-refractivity contribution in [1.29, 1.82) is 0 Å². The number of rotatable bonds is 5. The Morgan fingerprint density at radius 1 is 1.38 bits per heavy atom. The first kappa shape index (κ1) is 20.2. The van der Waals surface area contributed by atoms with Gasteiger partial charge in [-0.2, -0.15) is 0 Å². The van der Waals surface area contributed by atoms with Gasteiger partial charge in [-0.1, -0.05) is 15.9 Å². The maximum absolute atomic E-state index is 12.5. The number of aromatic hydroxyl groups is 1. The van der Waals surface area contributed by atoms with Crippen LogP contribution >= 0.6 is 15.9 Å². The van der Waals surface area contributed by atoms with E-state index in [-0.39, 0.29) is 35.7 Å². The summed E-state index contributed by atoms with van der Waals surface area (Å²) in [6.07, 6.45) is 1.42. The molecule has 1 saturated heterocycles. The molecule has 7 nitrogen and oxygen atoms in total. The van der Waals surface area contributed by atoms with Crippen LogP contribution in [-0.2, 0) is 14.3 Å². The second-order valence-corrected chi connectivity index (χ2v) is 7.17. The monoisotopic (exact) mass is 426 g/mol. The van der Waals surface area contributed by atoms with Crippen LogP contribution in [0.5, 0.6) is 5.75 Å². The zero-order valence-electron chi connectivity index (χ0n) is 14.9. The van der Waals surface area contributed by atoms with Gasteiger partial charge in [0.1, 0.15) is 5.75 Å². The fraction of sp³-hybridized carbons (Fsp3) is 0.500. The Hall–Kier alpha value is -2.09. The summed E-state index contributed by atoms with van der Waals surface area (Å²) in [7, 11) is 1.51. The average Bonchev–Trinajstić information content (AvgIpc) is 2.63. The number of likely N-dealkylation sites (N-methyl/N-ethyl adjacent to an activating group) is 1. The van der Waals surface area contributed by atoms with E-state index in [0.29, 0.717) is 30.6 Å². The highest BCUT2D eigenvalue weighted by molar-refractivity contribution is 9.10. The van der Waals surface area contributed by atoms with Crippen LogP contribution in [-0.4, -0.2) is 66.0 Å². The molecule has 26 heavy (non-hydrogen) atoms. The Kier molecular flexibility index (Phi) is 7.02. The van der Waals surface area contributed by atoms with Crippen LogP contribution in [0, 0.1) is 5.92 Å². The normalized spacial score (nSPS) is 16.9. The van der Waals surface area contributed by atoms with Crippen molar-refractivity contribution < 1.29 is 24.2 Å². The minimum absolute atomic E-state index is 0.123. The van der Waals surface area contributed by atoms with Crippen LogP contribution in [0.4, 0.5) is 0 Å². The Bertz CT molecular complexity index is 694. The van der Waals surface area contributed by atoms with E-state index in [2.05, 4.69) is 15.9 Å². The molecule has 0 saturated carbocycles. The van der Waals surface area contributed by atoms with Gasteiger partial charge in [0.05, 0.1) is 24.6 Å². The van der Waals surface area contributed by atoms with E-state index in [9.17, 15) is 19.5 Å². The summed E-state index contributed by atoms with van der Waals surface area (Å²) in [5.41, 5.74) is 0.123. The molecule has 0 aliphatic carbocycles. The minimum Gasteiger partial charge on any atom is -0.507 e. The van der Waals surface area contributed by atoms with E-state index in [1.807, 2.05) is 0 Å². The third-order valence-corrected chi connectivity index (χ3v) is 4.80. The molecule has 0 spiro atoms. The van der Waals surface area contributed by atoms with Crippen LogP contribution in [0.2, 0.25) is 0 Å². The number of hydrogen-bond donors (Lipinski definition) is 1. The van der Waals surface area contributed by atoms with Crippen LogP contribution in [0.15, 0.2) is 22.7 Å². The topological polar surface area (TPSA) is 87.2 Å². The summed E-state index contributed by atoms with van der Waals surface area (Å²) in [5.74, 6) is -1.42. The van der Waals surface area contributed by atoms with Crippen molar-refractivity contribution in [3.63, 3.8) is 0 Å². The number of hydrogen-bond acceptors (Lipinski definition) is 5. The zero-order valence-corrected chi connectivity index (χ0v) is 16.5. The summed E-state index contributed by atoms with van der Waals surface area (Å²) >= 11 is 3.26. The minimum atomic E-state index is -0.448. The molecular formula is C18H23BrN2O5. The van der Waals surface area contributed by atoms with Crippen molar-refractivity contribution in [3.8, 4) is 5.75 Å². The molecule has 1 aliphatic rings. The van der Waals surface area contributed by atoms with Gasteiger partial charge in [0.15, 0.2) is 0 Å². The second kappa shape index (κ2) is 9.02. The van der Waals surface area contributed by atoms with Crippen LogP contribution in [0.1, 0.15) is 30.1 Å². The molecule has 0 bridgehead atoms. The Morgan fingerprint density at radius 3 is 2.81 bits per heavy atom. The lowest BCUT2D eigenvalue weighted by Gasteiger charge is -2.32. The average molecular weight is 427 g/mol. The predicted molar refractivity (Wildman–Crippen MR) is 98.7 cm³/mol. The number of piperidine rings is 1. The van der Waals surface area contributed by atoms with Gasteiger partial charge in [0.25, 0.3) is 5.91 Å². The number of likely N-dealkylation sites (tertiary alicyclic amines) is 1. The van der Waals surface area contributed by atoms with E-state index in [0.717, 1.165) is 6.42 Å². The van der Waals surface area contributed by atoms with Crippen molar-refractivity contribution in [1.82, 2.24) is 9.80 Å². The highest BCUT2D eigenvalue weighted by atomic mass is 79.9. The van der Waals surface area contributed by atoms with Crippen molar-refractivity contribution in [2.75, 3.05) is 33.3 Å². The van der Waals surface area contributed by atoms with Gasteiger partial charge < -0.3 is 19.6 Å². The highest BCUT2D eigenvalue weighted by Gasteiger charge is 2.30. The number of phenolic OH excluding ortho intramolecular Hbond substituents is 1. The van der Waals surface area contributed by atoms with E-state index < -0.39 is 5.91 Å². The number of amides is 2. The van der Waals surface area contributed by atoms with Gasteiger partial charge in [-0.15, -0.1) is 0 Å². The van der Waals surface area contributed by atoms with Crippen LogP contribution in [0.3, 0.4) is 0 Å². The maximum atomic E-state index is 12.5. The zero-order chi connectivity index (χ0) is 19.3. The smallest absolute Gasteiger partial charge is 0.310 e. The lowest BCUT2D eigenvalue weighted by molar-refractivity contribution is -0.151. The highest BCUT2D eigenvalue weighted by Crippen LogP contribution is 2.23. The molecule has 142 valence electrons. The van der Waals surface area contributed by atoms with E-state index >= 15 is 0 Å². The van der Waals surface area contributed by atoms with Crippen molar-refractivity contribution in [2.45, 2.75) is 19.8 Å². The van der Waals surface area contributed by atoms with E-state index in [4.69, 9.17) is 4.74 Å². The largest absolute Gasteiger partial charge is 0.507 e. The molecule has 0 radical (unpaired) electrons. The summed E-state index contributed by atoms with van der Waals surface area (Å²) in [4.78, 5) is 39.8. The predicted octanol–water partition coefficient (Wildman–Crippen LogP) is 2.03. The third kappa shape index (κ3) is 4.97. The molecule has 1 aromatic carbocycles. The molecule has 2 amide bonds. The number of carbonyl (C=O) groups excluding carboxylic acids is 3. The Balaban J connectivity index is 1.98. The molecule has 1 aliphatic heterocycles. The van der Waals surface area contributed by atoms with Gasteiger partial charge >= 0.3 is 5.97 Å². The number of benzene rings is 1. The fourth-order valence-electron chi connectivity index (χ4n) is 2.92. The second-order valence-electron chi connectivity index (χ2n) is 6.25.